The zero-order valence-electron chi connectivity index (χ0n) is 10.9. The molecule has 0 amide bonds. The van der Waals surface area contributed by atoms with E-state index in [0.717, 1.165) is 30.4 Å². The molecule has 0 bridgehead atoms. The molecule has 3 nitrogen and oxygen atoms in total. The van der Waals surface area contributed by atoms with Gasteiger partial charge in [-0.1, -0.05) is 6.07 Å². The van der Waals surface area contributed by atoms with Gasteiger partial charge in [-0.2, -0.15) is 13.2 Å². The predicted octanol–water partition coefficient (Wildman–Crippen LogP) is 3.01. The fraction of sp³-hybridized carbons (Fsp3) is 0.571. The van der Waals surface area contributed by atoms with Gasteiger partial charge in [0.15, 0.2) is 0 Å². The maximum atomic E-state index is 11.8. The van der Waals surface area contributed by atoms with Crippen molar-refractivity contribution in [2.45, 2.75) is 31.5 Å². The summed E-state index contributed by atoms with van der Waals surface area (Å²) in [7, 11) is 0. The van der Waals surface area contributed by atoms with Crippen LogP contribution in [0.4, 0.5) is 13.2 Å². The lowest BCUT2D eigenvalue weighted by molar-refractivity contribution is -0.175. The second kappa shape index (κ2) is 6.45. The van der Waals surface area contributed by atoms with E-state index in [1.54, 1.807) is 6.07 Å². The van der Waals surface area contributed by atoms with E-state index in [4.69, 9.17) is 4.74 Å². The van der Waals surface area contributed by atoms with Crippen LogP contribution < -0.4 is 4.74 Å². The minimum absolute atomic E-state index is 0.0669. The predicted molar refractivity (Wildman–Crippen MR) is 66.7 cm³/mol. The summed E-state index contributed by atoms with van der Waals surface area (Å²) in [6.45, 7) is -1.30. The number of aliphatic hydroxyl groups excluding tert-OH is 1. The molecule has 1 unspecified atom stereocenters. The Morgan fingerprint density at radius 2 is 2.05 bits per heavy atom. The minimum Gasteiger partial charge on any atom is -0.491 e. The summed E-state index contributed by atoms with van der Waals surface area (Å²) in [6.07, 6.45) is -2.16. The number of aliphatic hydroxyl groups is 1. The quantitative estimate of drug-likeness (QED) is 0.847. The lowest BCUT2D eigenvalue weighted by Crippen LogP contribution is -2.19. The van der Waals surface area contributed by atoms with Crippen molar-refractivity contribution in [1.29, 1.82) is 0 Å². The lowest BCUT2D eigenvalue weighted by Gasteiger charge is -2.21. The minimum atomic E-state index is -4.30. The number of hydrogen-bond acceptors (Lipinski definition) is 3. The summed E-state index contributed by atoms with van der Waals surface area (Å²) in [5, 5.41) is 9.81. The molecule has 1 aromatic rings. The summed E-state index contributed by atoms with van der Waals surface area (Å²) in [5.74, 6) is 0.591. The van der Waals surface area contributed by atoms with Crippen LogP contribution in [0.3, 0.4) is 0 Å². The topological polar surface area (TPSA) is 38.7 Å². The molecule has 0 radical (unpaired) electrons. The Balaban J connectivity index is 1.79. The van der Waals surface area contributed by atoms with Gasteiger partial charge < -0.3 is 14.6 Å². The van der Waals surface area contributed by atoms with E-state index in [9.17, 15) is 18.3 Å². The standard InChI is InChI=1S/C14H17F3O3/c15-14(16,17)9-19-6-7-20-11-4-5-12-10(8-11)2-1-3-13(12)18/h4-5,8,13,18H,1-3,6-7,9H2. The Morgan fingerprint density at radius 3 is 2.80 bits per heavy atom. The molecule has 1 aliphatic carbocycles. The van der Waals surface area contributed by atoms with Gasteiger partial charge in [0.1, 0.15) is 19.0 Å². The third-order valence-electron chi connectivity index (χ3n) is 3.16. The van der Waals surface area contributed by atoms with E-state index in [0.29, 0.717) is 5.75 Å². The van der Waals surface area contributed by atoms with Crippen molar-refractivity contribution in [2.75, 3.05) is 19.8 Å². The summed E-state index contributed by atoms with van der Waals surface area (Å²) in [4.78, 5) is 0. The number of benzene rings is 1. The van der Waals surface area contributed by atoms with Crippen LogP contribution in [0.5, 0.6) is 5.75 Å². The van der Waals surface area contributed by atoms with Gasteiger partial charge in [-0.25, -0.2) is 0 Å². The molecule has 6 heteroatoms. The van der Waals surface area contributed by atoms with E-state index in [1.165, 1.54) is 0 Å². The van der Waals surface area contributed by atoms with Crippen molar-refractivity contribution in [3.63, 3.8) is 0 Å². The van der Waals surface area contributed by atoms with Gasteiger partial charge in [0.2, 0.25) is 0 Å². The molecule has 0 saturated carbocycles. The van der Waals surface area contributed by atoms with Crippen LogP contribution in [0, 0.1) is 0 Å². The Morgan fingerprint density at radius 1 is 1.25 bits per heavy atom. The van der Waals surface area contributed by atoms with Gasteiger partial charge in [-0.15, -0.1) is 0 Å². The molecule has 0 aromatic heterocycles. The second-order valence-electron chi connectivity index (χ2n) is 4.78. The number of alkyl halides is 3. The largest absolute Gasteiger partial charge is 0.491 e. The Kier molecular flexibility index (Phi) is 4.88. The number of fused-ring (bicyclic) bond motifs is 1. The van der Waals surface area contributed by atoms with Crippen LogP contribution in [-0.2, 0) is 11.2 Å². The first-order chi connectivity index (χ1) is 9.46. The molecule has 1 aromatic carbocycles. The van der Waals surface area contributed by atoms with Crippen molar-refractivity contribution in [2.24, 2.45) is 0 Å². The summed E-state index contributed by atoms with van der Waals surface area (Å²) in [6, 6.07) is 5.36. The third kappa shape index (κ3) is 4.38. The number of rotatable bonds is 5. The zero-order chi connectivity index (χ0) is 14.6. The first-order valence-corrected chi connectivity index (χ1v) is 6.54. The van der Waals surface area contributed by atoms with Crippen molar-refractivity contribution in [3.05, 3.63) is 29.3 Å². The van der Waals surface area contributed by atoms with Gasteiger partial charge in [-0.3, -0.25) is 0 Å². The summed E-state index contributed by atoms with van der Waals surface area (Å²) >= 11 is 0. The van der Waals surface area contributed by atoms with Crippen molar-refractivity contribution in [3.8, 4) is 5.75 Å². The highest BCUT2D eigenvalue weighted by Gasteiger charge is 2.27. The first-order valence-electron chi connectivity index (χ1n) is 6.54. The van der Waals surface area contributed by atoms with Crippen LogP contribution in [0.15, 0.2) is 18.2 Å². The van der Waals surface area contributed by atoms with Crippen LogP contribution >= 0.6 is 0 Å². The number of aryl methyl sites for hydroxylation is 1. The van der Waals surface area contributed by atoms with Gasteiger partial charge in [-0.05, 0) is 42.5 Å². The molecule has 20 heavy (non-hydrogen) atoms. The molecule has 0 heterocycles. The van der Waals surface area contributed by atoms with Gasteiger partial charge >= 0.3 is 6.18 Å². The molecular weight excluding hydrogens is 273 g/mol. The summed E-state index contributed by atoms with van der Waals surface area (Å²) < 4.78 is 45.3. The van der Waals surface area contributed by atoms with E-state index < -0.39 is 18.9 Å². The summed E-state index contributed by atoms with van der Waals surface area (Å²) in [5.41, 5.74) is 1.95. The fourth-order valence-electron chi connectivity index (χ4n) is 2.26. The van der Waals surface area contributed by atoms with Crippen LogP contribution in [0.1, 0.15) is 30.1 Å². The lowest BCUT2D eigenvalue weighted by atomic mass is 9.89. The maximum Gasteiger partial charge on any atom is 0.411 e. The normalized spacial score (nSPS) is 18.7. The molecule has 1 N–H and O–H groups in total. The van der Waals surface area contributed by atoms with Crippen LogP contribution in [0.2, 0.25) is 0 Å². The van der Waals surface area contributed by atoms with E-state index in [2.05, 4.69) is 4.74 Å². The van der Waals surface area contributed by atoms with Gasteiger partial charge in [0.25, 0.3) is 0 Å². The molecule has 2 rings (SSSR count). The van der Waals surface area contributed by atoms with Crippen LogP contribution in [-0.4, -0.2) is 31.1 Å². The first kappa shape index (κ1) is 15.1. The monoisotopic (exact) mass is 290 g/mol. The number of halogens is 3. The molecule has 0 aliphatic heterocycles. The molecule has 1 atom stereocenters. The average Bonchev–Trinajstić information content (AvgIpc) is 2.37. The fourth-order valence-corrected chi connectivity index (χ4v) is 2.26. The van der Waals surface area contributed by atoms with Gasteiger partial charge in [0, 0.05) is 0 Å². The van der Waals surface area contributed by atoms with Crippen molar-refractivity contribution < 1.29 is 27.8 Å². The van der Waals surface area contributed by atoms with Gasteiger partial charge in [0.05, 0.1) is 12.7 Å². The number of hydrogen-bond donors (Lipinski definition) is 1. The Bertz CT molecular complexity index is 446. The van der Waals surface area contributed by atoms with E-state index in [-0.39, 0.29) is 13.2 Å². The number of ether oxygens (including phenoxy) is 2. The maximum absolute atomic E-state index is 11.8. The SMILES string of the molecule is OC1CCCc2cc(OCCOCC(F)(F)F)ccc21. The highest BCUT2D eigenvalue weighted by atomic mass is 19.4. The molecule has 0 spiro atoms. The third-order valence-corrected chi connectivity index (χ3v) is 3.16. The molecule has 112 valence electrons. The molecule has 1 aliphatic rings. The van der Waals surface area contributed by atoms with E-state index in [1.807, 2.05) is 12.1 Å². The highest BCUT2D eigenvalue weighted by Crippen LogP contribution is 2.31. The van der Waals surface area contributed by atoms with Crippen molar-refractivity contribution in [1.82, 2.24) is 0 Å². The Hall–Kier alpha value is -1.27. The average molecular weight is 290 g/mol. The molecular formula is C14H17F3O3. The van der Waals surface area contributed by atoms with E-state index >= 15 is 0 Å². The second-order valence-corrected chi connectivity index (χ2v) is 4.78. The molecule has 0 fully saturated rings. The van der Waals surface area contributed by atoms with Crippen LogP contribution in [0.25, 0.3) is 0 Å². The molecule has 0 saturated heterocycles. The smallest absolute Gasteiger partial charge is 0.411 e. The highest BCUT2D eigenvalue weighted by molar-refractivity contribution is 5.38. The zero-order valence-corrected chi connectivity index (χ0v) is 10.9. The Labute approximate surface area is 115 Å². The van der Waals surface area contributed by atoms with Crippen molar-refractivity contribution >= 4 is 0 Å².